The molecule has 0 unspecified atom stereocenters. The highest BCUT2D eigenvalue weighted by molar-refractivity contribution is 6.10. The summed E-state index contributed by atoms with van der Waals surface area (Å²) in [7, 11) is 0. The average molecular weight is 432 g/mol. The number of carbonyl (C=O) groups is 2. The molecule has 160 valence electrons. The van der Waals surface area contributed by atoms with Crippen LogP contribution >= 0.6 is 0 Å². The largest absolute Gasteiger partial charge is 0.423 e. The van der Waals surface area contributed by atoms with Crippen molar-refractivity contribution in [3.63, 3.8) is 0 Å². The van der Waals surface area contributed by atoms with Gasteiger partial charge in [0.25, 0.3) is 5.91 Å². The summed E-state index contributed by atoms with van der Waals surface area (Å²) in [6.07, 6.45) is 1.46. The molecule has 5 heteroatoms. The summed E-state index contributed by atoms with van der Waals surface area (Å²) in [5.74, 6) is -0.672. The van der Waals surface area contributed by atoms with Gasteiger partial charge in [0.05, 0.1) is 5.56 Å². The van der Waals surface area contributed by atoms with Gasteiger partial charge in [-0.25, -0.2) is 4.79 Å². The smallest absolute Gasteiger partial charge is 0.344 e. The van der Waals surface area contributed by atoms with Gasteiger partial charge < -0.3 is 10.1 Å². The molecular weight excluding hydrogens is 412 g/mol. The molecule has 0 radical (unpaired) electrons. The zero-order valence-electron chi connectivity index (χ0n) is 17.9. The molecule has 1 amide bonds. The highest BCUT2D eigenvalue weighted by Gasteiger charge is 2.14. The lowest BCUT2D eigenvalue weighted by Crippen LogP contribution is -2.14. The van der Waals surface area contributed by atoms with Crippen molar-refractivity contribution < 1.29 is 14.3 Å². The van der Waals surface area contributed by atoms with Gasteiger partial charge in [0, 0.05) is 5.69 Å². The molecule has 0 aliphatic carbocycles. The average Bonchev–Trinajstić information content (AvgIpc) is 2.83. The van der Waals surface area contributed by atoms with E-state index >= 15 is 0 Å². The number of amides is 1. The first kappa shape index (κ1) is 21.5. The standard InChI is InChI=1S/C28H20N2O3/c1-19-8-2-5-15-26(19)30-27(31)22(18-29)16-20-9-6-12-23(17-20)33-28(32)25-14-7-11-21-10-3-4-13-24(21)25/h2-17H,1H3,(H,30,31). The van der Waals surface area contributed by atoms with Gasteiger partial charge in [-0.05, 0) is 59.2 Å². The Labute approximate surface area is 191 Å². The number of benzene rings is 4. The maximum absolute atomic E-state index is 12.8. The van der Waals surface area contributed by atoms with E-state index in [2.05, 4.69) is 5.32 Å². The van der Waals surface area contributed by atoms with Crippen LogP contribution < -0.4 is 10.1 Å². The summed E-state index contributed by atoms with van der Waals surface area (Å²) in [4.78, 5) is 25.4. The molecule has 4 aromatic carbocycles. The van der Waals surface area contributed by atoms with Gasteiger partial charge in [0.1, 0.15) is 17.4 Å². The number of hydrogen-bond acceptors (Lipinski definition) is 4. The van der Waals surface area contributed by atoms with Crippen LogP contribution in [0.5, 0.6) is 5.75 Å². The van der Waals surface area contributed by atoms with Crippen LogP contribution in [0.15, 0.2) is 96.6 Å². The second-order valence-electron chi connectivity index (χ2n) is 7.43. The van der Waals surface area contributed by atoms with Gasteiger partial charge in [0.2, 0.25) is 0 Å². The van der Waals surface area contributed by atoms with E-state index in [1.165, 1.54) is 6.08 Å². The van der Waals surface area contributed by atoms with Gasteiger partial charge in [-0.2, -0.15) is 5.26 Å². The highest BCUT2D eigenvalue weighted by Crippen LogP contribution is 2.22. The summed E-state index contributed by atoms with van der Waals surface area (Å²) >= 11 is 0. The number of ether oxygens (including phenoxy) is 1. The number of fused-ring (bicyclic) bond motifs is 1. The molecule has 4 rings (SSSR count). The van der Waals surface area contributed by atoms with Crippen LogP contribution in [-0.2, 0) is 4.79 Å². The third-order valence-electron chi connectivity index (χ3n) is 5.15. The molecular formula is C28H20N2O3. The molecule has 0 bridgehead atoms. The fourth-order valence-corrected chi connectivity index (χ4v) is 3.45. The predicted octanol–water partition coefficient (Wildman–Crippen LogP) is 5.91. The third kappa shape index (κ3) is 4.97. The maximum atomic E-state index is 12.8. The molecule has 1 N–H and O–H groups in total. The number of nitrogens with one attached hydrogen (secondary N) is 1. The SMILES string of the molecule is Cc1ccccc1NC(=O)C(C#N)=Cc1cccc(OC(=O)c2cccc3ccccc23)c1. The first-order valence-corrected chi connectivity index (χ1v) is 10.3. The van der Waals surface area contributed by atoms with Crippen LogP contribution in [0.1, 0.15) is 21.5 Å². The van der Waals surface area contributed by atoms with Crippen molar-refractivity contribution in [1.29, 1.82) is 5.26 Å². The molecule has 0 saturated carbocycles. The predicted molar refractivity (Wildman–Crippen MR) is 129 cm³/mol. The molecule has 0 saturated heterocycles. The molecule has 5 nitrogen and oxygen atoms in total. The zero-order chi connectivity index (χ0) is 23.2. The van der Waals surface area contributed by atoms with Crippen molar-refractivity contribution >= 4 is 34.4 Å². The molecule has 0 aliphatic heterocycles. The van der Waals surface area contributed by atoms with Crippen LogP contribution in [-0.4, -0.2) is 11.9 Å². The third-order valence-corrected chi connectivity index (χ3v) is 5.15. The van der Waals surface area contributed by atoms with Crippen LogP contribution in [0.4, 0.5) is 5.69 Å². The second kappa shape index (κ2) is 9.63. The number of nitrogens with zero attached hydrogens (tertiary/aromatic N) is 1. The fraction of sp³-hybridized carbons (Fsp3) is 0.0357. The van der Waals surface area contributed by atoms with Crippen molar-refractivity contribution in [3.05, 3.63) is 113 Å². The monoisotopic (exact) mass is 432 g/mol. The summed E-state index contributed by atoms with van der Waals surface area (Å²) < 4.78 is 5.58. The van der Waals surface area contributed by atoms with Crippen molar-refractivity contribution in [3.8, 4) is 11.8 Å². The van der Waals surface area contributed by atoms with Crippen molar-refractivity contribution in [1.82, 2.24) is 0 Å². The van der Waals surface area contributed by atoms with E-state index in [9.17, 15) is 14.9 Å². The van der Waals surface area contributed by atoms with Crippen LogP contribution in [0.2, 0.25) is 0 Å². The minimum Gasteiger partial charge on any atom is -0.423 e. The van der Waals surface area contributed by atoms with E-state index < -0.39 is 11.9 Å². The maximum Gasteiger partial charge on any atom is 0.344 e. The summed E-state index contributed by atoms with van der Waals surface area (Å²) in [6, 6.07) is 29.0. The van der Waals surface area contributed by atoms with Crippen molar-refractivity contribution in [2.75, 3.05) is 5.32 Å². The quantitative estimate of drug-likeness (QED) is 0.184. The molecule has 4 aromatic rings. The molecule has 0 heterocycles. The number of rotatable bonds is 5. The number of para-hydroxylation sites is 1. The lowest BCUT2D eigenvalue weighted by Gasteiger charge is -2.09. The number of aryl methyl sites for hydroxylation is 1. The Kier molecular flexibility index (Phi) is 6.28. The summed E-state index contributed by atoms with van der Waals surface area (Å²) in [5.41, 5.74) is 2.50. The van der Waals surface area contributed by atoms with Crippen molar-refractivity contribution in [2.24, 2.45) is 0 Å². The van der Waals surface area contributed by atoms with Gasteiger partial charge in [0.15, 0.2) is 0 Å². The number of anilines is 1. The topological polar surface area (TPSA) is 79.2 Å². The number of hydrogen-bond donors (Lipinski definition) is 1. The van der Waals surface area contributed by atoms with E-state index in [0.29, 0.717) is 22.6 Å². The van der Waals surface area contributed by atoms with E-state index in [-0.39, 0.29) is 5.57 Å². The molecule has 33 heavy (non-hydrogen) atoms. The summed E-state index contributed by atoms with van der Waals surface area (Å²) in [5, 5.41) is 14.0. The number of carbonyl (C=O) groups excluding carboxylic acids is 2. The first-order valence-electron chi connectivity index (χ1n) is 10.3. The van der Waals surface area contributed by atoms with Crippen LogP contribution in [0.3, 0.4) is 0 Å². The second-order valence-corrected chi connectivity index (χ2v) is 7.43. The Morgan fingerprint density at radius 2 is 1.64 bits per heavy atom. The summed E-state index contributed by atoms with van der Waals surface area (Å²) in [6.45, 7) is 1.87. The number of nitriles is 1. The number of esters is 1. The normalized spacial score (nSPS) is 11.0. The minimum absolute atomic E-state index is 0.0595. The van der Waals surface area contributed by atoms with Gasteiger partial charge in [-0.3, -0.25) is 4.79 Å². The Hall–Kier alpha value is -4.69. The minimum atomic E-state index is -0.509. The Morgan fingerprint density at radius 3 is 2.45 bits per heavy atom. The molecule has 0 fully saturated rings. The Balaban J connectivity index is 1.55. The highest BCUT2D eigenvalue weighted by atomic mass is 16.5. The zero-order valence-corrected chi connectivity index (χ0v) is 17.9. The Morgan fingerprint density at radius 1 is 0.909 bits per heavy atom. The van der Waals surface area contributed by atoms with Gasteiger partial charge in [-0.1, -0.05) is 66.7 Å². The van der Waals surface area contributed by atoms with E-state index in [1.54, 1.807) is 36.4 Å². The lowest BCUT2D eigenvalue weighted by molar-refractivity contribution is -0.112. The van der Waals surface area contributed by atoms with Gasteiger partial charge >= 0.3 is 5.97 Å². The Bertz CT molecular complexity index is 1430. The van der Waals surface area contributed by atoms with Crippen LogP contribution in [0.25, 0.3) is 16.8 Å². The van der Waals surface area contributed by atoms with E-state index in [1.807, 2.05) is 67.6 Å². The van der Waals surface area contributed by atoms with Crippen molar-refractivity contribution in [2.45, 2.75) is 6.92 Å². The fourth-order valence-electron chi connectivity index (χ4n) is 3.45. The molecule has 0 spiro atoms. The van der Waals surface area contributed by atoms with Crippen LogP contribution in [0, 0.1) is 18.3 Å². The molecule has 0 aromatic heterocycles. The first-order chi connectivity index (χ1) is 16.0. The van der Waals surface area contributed by atoms with E-state index in [4.69, 9.17) is 4.74 Å². The molecule has 0 atom stereocenters. The lowest BCUT2D eigenvalue weighted by atomic mass is 10.0. The van der Waals surface area contributed by atoms with E-state index in [0.717, 1.165) is 16.3 Å². The molecule has 0 aliphatic rings. The van der Waals surface area contributed by atoms with Gasteiger partial charge in [-0.15, -0.1) is 0 Å².